The fourth-order valence-corrected chi connectivity index (χ4v) is 4.03. The number of fused-ring (bicyclic) bond motifs is 1. The van der Waals surface area contributed by atoms with Gasteiger partial charge in [-0.3, -0.25) is 4.79 Å². The predicted octanol–water partition coefficient (Wildman–Crippen LogP) is 4.33. The molecule has 2 aromatic carbocycles. The molecular formula is C25H24N2O4. The highest BCUT2D eigenvalue weighted by Gasteiger charge is 2.45. The fourth-order valence-electron chi connectivity index (χ4n) is 4.03. The van der Waals surface area contributed by atoms with E-state index in [4.69, 9.17) is 9.47 Å². The number of para-hydroxylation sites is 2. The van der Waals surface area contributed by atoms with Crippen LogP contribution in [0.1, 0.15) is 11.4 Å². The first-order valence-corrected chi connectivity index (χ1v) is 9.92. The number of benzene rings is 2. The Morgan fingerprint density at radius 2 is 1.87 bits per heavy atom. The Morgan fingerprint density at radius 3 is 2.52 bits per heavy atom. The SMILES string of the molecule is COC1=CC(C=Cc2nc3ccccc3n2C)C(C(=O)O)(c2ccc(OC)cc2)C=C1. The third-order valence-corrected chi connectivity index (χ3v) is 5.81. The van der Waals surface area contributed by atoms with Crippen molar-refractivity contribution >= 4 is 23.1 Å². The number of aliphatic carboxylic acids is 1. The summed E-state index contributed by atoms with van der Waals surface area (Å²) in [5, 5.41) is 10.4. The molecule has 1 aromatic heterocycles. The minimum Gasteiger partial charge on any atom is -0.497 e. The van der Waals surface area contributed by atoms with Gasteiger partial charge in [-0.1, -0.05) is 36.4 Å². The van der Waals surface area contributed by atoms with Gasteiger partial charge in [-0.05, 0) is 48.1 Å². The molecular weight excluding hydrogens is 392 g/mol. The van der Waals surface area contributed by atoms with Gasteiger partial charge in [0.05, 0.1) is 25.3 Å². The highest BCUT2D eigenvalue weighted by atomic mass is 16.5. The summed E-state index contributed by atoms with van der Waals surface area (Å²) in [6, 6.07) is 15.0. The Balaban J connectivity index is 1.81. The zero-order valence-electron chi connectivity index (χ0n) is 17.6. The van der Waals surface area contributed by atoms with Gasteiger partial charge in [0, 0.05) is 13.0 Å². The molecule has 0 saturated heterocycles. The number of carbonyl (C=O) groups is 1. The van der Waals surface area contributed by atoms with Crippen LogP contribution < -0.4 is 4.74 Å². The van der Waals surface area contributed by atoms with Crippen LogP contribution in [0.2, 0.25) is 0 Å². The minimum atomic E-state index is -1.28. The van der Waals surface area contributed by atoms with E-state index in [0.29, 0.717) is 17.1 Å². The molecule has 2 atom stereocenters. The zero-order chi connectivity index (χ0) is 22.0. The van der Waals surface area contributed by atoms with Crippen molar-refractivity contribution in [3.05, 3.63) is 90.0 Å². The largest absolute Gasteiger partial charge is 0.497 e. The Morgan fingerprint density at radius 1 is 1.13 bits per heavy atom. The lowest BCUT2D eigenvalue weighted by Crippen LogP contribution is -2.41. The first-order valence-electron chi connectivity index (χ1n) is 9.92. The summed E-state index contributed by atoms with van der Waals surface area (Å²) in [4.78, 5) is 17.3. The Hall–Kier alpha value is -3.80. The maximum absolute atomic E-state index is 12.6. The second-order valence-electron chi connectivity index (χ2n) is 7.41. The summed E-state index contributed by atoms with van der Waals surface area (Å²) in [6.07, 6.45) is 8.98. The second-order valence-corrected chi connectivity index (χ2v) is 7.41. The van der Waals surface area contributed by atoms with Gasteiger partial charge in [0.1, 0.15) is 22.7 Å². The number of ether oxygens (including phenoxy) is 2. The molecule has 2 unspecified atom stereocenters. The normalized spacial score (nSPS) is 20.7. The van der Waals surface area contributed by atoms with Crippen molar-refractivity contribution in [3.63, 3.8) is 0 Å². The van der Waals surface area contributed by atoms with Gasteiger partial charge in [-0.15, -0.1) is 0 Å². The lowest BCUT2D eigenvalue weighted by molar-refractivity contribution is -0.142. The topological polar surface area (TPSA) is 73.6 Å². The number of carboxylic acids is 1. The van der Waals surface area contributed by atoms with E-state index >= 15 is 0 Å². The Labute approximate surface area is 180 Å². The van der Waals surface area contributed by atoms with E-state index in [1.54, 1.807) is 50.6 Å². The molecule has 6 heteroatoms. The van der Waals surface area contributed by atoms with Gasteiger partial charge in [-0.25, -0.2) is 4.98 Å². The van der Waals surface area contributed by atoms with Gasteiger partial charge in [0.25, 0.3) is 0 Å². The summed E-state index contributed by atoms with van der Waals surface area (Å²) in [6.45, 7) is 0. The van der Waals surface area contributed by atoms with Crippen LogP contribution in [0.3, 0.4) is 0 Å². The van der Waals surface area contributed by atoms with E-state index in [0.717, 1.165) is 16.9 Å². The number of hydrogen-bond donors (Lipinski definition) is 1. The summed E-state index contributed by atoms with van der Waals surface area (Å²) < 4.78 is 12.6. The molecule has 0 spiro atoms. The molecule has 1 heterocycles. The van der Waals surface area contributed by atoms with Gasteiger partial charge >= 0.3 is 5.97 Å². The number of carboxylic acid groups (broad SMARTS) is 1. The number of allylic oxidation sites excluding steroid dienone is 3. The number of aromatic nitrogens is 2. The number of aryl methyl sites for hydroxylation is 1. The molecule has 0 bridgehead atoms. The van der Waals surface area contributed by atoms with E-state index in [9.17, 15) is 9.90 Å². The Bertz CT molecular complexity index is 1200. The first kappa shape index (κ1) is 20.5. The summed E-state index contributed by atoms with van der Waals surface area (Å²) in [5.41, 5.74) is 1.28. The molecule has 0 aliphatic heterocycles. The molecule has 0 fully saturated rings. The summed E-state index contributed by atoms with van der Waals surface area (Å²) in [7, 11) is 5.10. The standard InChI is InChI=1S/C25H24N2O4/c1-27-22-7-5-4-6-21(22)26-23(27)13-10-18-16-20(31-3)14-15-25(18,24(28)29)17-8-11-19(30-2)12-9-17/h4-16,18H,1-3H3,(H,28,29). The third-order valence-electron chi connectivity index (χ3n) is 5.81. The van der Waals surface area contributed by atoms with Crippen molar-refractivity contribution in [3.8, 4) is 5.75 Å². The average molecular weight is 416 g/mol. The van der Waals surface area contributed by atoms with E-state index in [1.807, 2.05) is 54.1 Å². The first-order chi connectivity index (χ1) is 15.0. The van der Waals surface area contributed by atoms with E-state index in [-0.39, 0.29) is 0 Å². The molecule has 3 aromatic rings. The molecule has 1 aliphatic carbocycles. The fraction of sp³-hybridized carbons (Fsp3) is 0.200. The van der Waals surface area contributed by atoms with E-state index in [1.165, 1.54) is 0 Å². The van der Waals surface area contributed by atoms with Crippen LogP contribution in [0.25, 0.3) is 17.1 Å². The van der Waals surface area contributed by atoms with Crippen molar-refractivity contribution < 1.29 is 19.4 Å². The monoisotopic (exact) mass is 416 g/mol. The van der Waals surface area contributed by atoms with Crippen molar-refractivity contribution in [2.24, 2.45) is 13.0 Å². The molecule has 0 saturated carbocycles. The highest BCUT2D eigenvalue weighted by molar-refractivity contribution is 5.86. The third kappa shape index (κ3) is 3.50. The number of hydrogen-bond acceptors (Lipinski definition) is 4. The van der Waals surface area contributed by atoms with Gasteiger partial charge < -0.3 is 19.1 Å². The molecule has 4 rings (SSSR count). The van der Waals surface area contributed by atoms with Gasteiger partial charge in [0.15, 0.2) is 0 Å². The smallest absolute Gasteiger partial charge is 0.318 e. The number of imidazole rings is 1. The zero-order valence-corrected chi connectivity index (χ0v) is 17.6. The van der Waals surface area contributed by atoms with Crippen LogP contribution >= 0.6 is 0 Å². The average Bonchev–Trinajstić information content (AvgIpc) is 3.13. The molecule has 0 amide bonds. The van der Waals surface area contributed by atoms with Gasteiger partial charge in [0.2, 0.25) is 0 Å². The van der Waals surface area contributed by atoms with Crippen molar-refractivity contribution in [2.45, 2.75) is 5.41 Å². The Kier molecular flexibility index (Phi) is 5.38. The van der Waals surface area contributed by atoms with Crippen molar-refractivity contribution in [2.75, 3.05) is 14.2 Å². The lowest BCUT2D eigenvalue weighted by atomic mass is 9.67. The van der Waals surface area contributed by atoms with E-state index < -0.39 is 17.3 Å². The highest BCUT2D eigenvalue weighted by Crippen LogP contribution is 2.41. The quantitative estimate of drug-likeness (QED) is 0.647. The van der Waals surface area contributed by atoms with E-state index in [2.05, 4.69) is 4.98 Å². The second kappa shape index (κ2) is 8.14. The molecule has 1 N–H and O–H groups in total. The molecule has 1 aliphatic rings. The van der Waals surface area contributed by atoms with Crippen LogP contribution in [0.5, 0.6) is 5.75 Å². The van der Waals surface area contributed by atoms with Crippen LogP contribution in [0, 0.1) is 5.92 Å². The summed E-state index contributed by atoms with van der Waals surface area (Å²) in [5.74, 6) is 0.601. The van der Waals surface area contributed by atoms with Gasteiger partial charge in [-0.2, -0.15) is 0 Å². The number of rotatable bonds is 6. The minimum absolute atomic E-state index is 0.488. The van der Waals surface area contributed by atoms with Crippen molar-refractivity contribution in [1.82, 2.24) is 9.55 Å². The molecule has 31 heavy (non-hydrogen) atoms. The van der Waals surface area contributed by atoms with Crippen LogP contribution in [-0.2, 0) is 22.0 Å². The number of nitrogens with zero attached hydrogens (tertiary/aromatic N) is 2. The molecule has 6 nitrogen and oxygen atoms in total. The van der Waals surface area contributed by atoms with Crippen molar-refractivity contribution in [1.29, 1.82) is 0 Å². The van der Waals surface area contributed by atoms with Crippen LogP contribution in [-0.4, -0.2) is 34.8 Å². The summed E-state index contributed by atoms with van der Waals surface area (Å²) >= 11 is 0. The van der Waals surface area contributed by atoms with Crippen LogP contribution in [0.15, 0.2) is 78.6 Å². The molecule has 158 valence electrons. The maximum atomic E-state index is 12.6. The molecule has 0 radical (unpaired) electrons. The lowest BCUT2D eigenvalue weighted by Gasteiger charge is -2.34. The van der Waals surface area contributed by atoms with Crippen LogP contribution in [0.4, 0.5) is 0 Å². The maximum Gasteiger partial charge on any atom is 0.318 e. The predicted molar refractivity (Wildman–Crippen MR) is 120 cm³/mol. The number of methoxy groups -OCH3 is 2.